The van der Waals surface area contributed by atoms with Crippen molar-refractivity contribution in [1.29, 1.82) is 0 Å². The monoisotopic (exact) mass is 302 g/mol. The molecule has 0 radical (unpaired) electrons. The number of hydrogen-bond acceptors (Lipinski definition) is 3. The van der Waals surface area contributed by atoms with Gasteiger partial charge in [-0.05, 0) is 43.8 Å². The summed E-state index contributed by atoms with van der Waals surface area (Å²) in [6.07, 6.45) is 4.09. The minimum atomic E-state index is 0.608. The maximum Gasteiger partial charge on any atom is 0.0928 e. The average Bonchev–Trinajstić information content (AvgIpc) is 2.91. The van der Waals surface area contributed by atoms with Crippen molar-refractivity contribution < 1.29 is 0 Å². The van der Waals surface area contributed by atoms with Crippen LogP contribution in [-0.2, 0) is 12.8 Å². The van der Waals surface area contributed by atoms with Crippen molar-refractivity contribution in [2.24, 2.45) is 11.8 Å². The van der Waals surface area contributed by atoms with Gasteiger partial charge in [-0.15, -0.1) is 11.3 Å². The zero-order valence-electron chi connectivity index (χ0n) is 13.3. The van der Waals surface area contributed by atoms with Crippen molar-refractivity contribution in [3.05, 3.63) is 52.0 Å². The first-order valence-corrected chi connectivity index (χ1v) is 8.66. The topological polar surface area (TPSA) is 24.9 Å². The lowest BCUT2D eigenvalue weighted by atomic mass is 9.95. The van der Waals surface area contributed by atoms with Gasteiger partial charge < -0.3 is 5.32 Å². The molecule has 2 aromatic rings. The van der Waals surface area contributed by atoms with Crippen LogP contribution in [0.4, 0.5) is 0 Å². The molecule has 0 bridgehead atoms. The first kappa shape index (κ1) is 16.2. The van der Waals surface area contributed by atoms with Gasteiger partial charge in [-0.1, -0.05) is 43.7 Å². The molecule has 0 aliphatic carbocycles. The van der Waals surface area contributed by atoms with Crippen LogP contribution in [0, 0.1) is 18.8 Å². The van der Waals surface area contributed by atoms with Gasteiger partial charge in [0, 0.05) is 18.0 Å². The SMILES string of the molecule is Cc1cccc(CC(CNCC(C)C)Cc2nccs2)c1. The van der Waals surface area contributed by atoms with Crippen LogP contribution in [0.1, 0.15) is 30.0 Å². The highest BCUT2D eigenvalue weighted by Crippen LogP contribution is 2.17. The van der Waals surface area contributed by atoms with Crippen LogP contribution in [-0.4, -0.2) is 18.1 Å². The zero-order chi connectivity index (χ0) is 15.1. The fourth-order valence-electron chi connectivity index (χ4n) is 2.57. The molecule has 0 aliphatic heterocycles. The van der Waals surface area contributed by atoms with Crippen molar-refractivity contribution in [2.75, 3.05) is 13.1 Å². The predicted molar refractivity (Wildman–Crippen MR) is 91.9 cm³/mol. The highest BCUT2D eigenvalue weighted by Gasteiger charge is 2.12. The van der Waals surface area contributed by atoms with Gasteiger partial charge in [0.05, 0.1) is 5.01 Å². The Morgan fingerprint density at radius 1 is 1.19 bits per heavy atom. The van der Waals surface area contributed by atoms with Gasteiger partial charge in [0.2, 0.25) is 0 Å². The average molecular weight is 302 g/mol. The lowest BCUT2D eigenvalue weighted by Gasteiger charge is -2.18. The minimum Gasteiger partial charge on any atom is -0.316 e. The summed E-state index contributed by atoms with van der Waals surface area (Å²) in [6.45, 7) is 8.82. The van der Waals surface area contributed by atoms with Gasteiger partial charge in [0.15, 0.2) is 0 Å². The van der Waals surface area contributed by atoms with Gasteiger partial charge in [-0.25, -0.2) is 4.98 Å². The van der Waals surface area contributed by atoms with Crippen molar-refractivity contribution in [3.63, 3.8) is 0 Å². The summed E-state index contributed by atoms with van der Waals surface area (Å²) in [7, 11) is 0. The molecular formula is C18H26N2S. The molecule has 1 heterocycles. The van der Waals surface area contributed by atoms with Crippen molar-refractivity contribution in [1.82, 2.24) is 10.3 Å². The molecule has 3 heteroatoms. The zero-order valence-corrected chi connectivity index (χ0v) is 14.1. The van der Waals surface area contributed by atoms with Gasteiger partial charge in [0.1, 0.15) is 0 Å². The molecular weight excluding hydrogens is 276 g/mol. The van der Waals surface area contributed by atoms with Crippen LogP contribution in [0.3, 0.4) is 0 Å². The van der Waals surface area contributed by atoms with Gasteiger partial charge in [0.25, 0.3) is 0 Å². The van der Waals surface area contributed by atoms with Gasteiger partial charge >= 0.3 is 0 Å². The summed E-state index contributed by atoms with van der Waals surface area (Å²) in [5, 5.41) is 6.93. The Labute approximate surface area is 132 Å². The third-order valence-electron chi connectivity index (χ3n) is 3.54. The highest BCUT2D eigenvalue weighted by atomic mass is 32.1. The second kappa shape index (κ2) is 8.30. The summed E-state index contributed by atoms with van der Waals surface area (Å²) < 4.78 is 0. The molecule has 0 fully saturated rings. The number of hydrogen-bond donors (Lipinski definition) is 1. The summed E-state index contributed by atoms with van der Waals surface area (Å²) in [5.41, 5.74) is 2.78. The Morgan fingerprint density at radius 3 is 2.71 bits per heavy atom. The van der Waals surface area contributed by atoms with E-state index in [4.69, 9.17) is 0 Å². The third kappa shape index (κ3) is 5.98. The van der Waals surface area contributed by atoms with E-state index in [9.17, 15) is 0 Å². The fourth-order valence-corrected chi connectivity index (χ4v) is 3.30. The lowest BCUT2D eigenvalue weighted by molar-refractivity contribution is 0.445. The number of nitrogens with one attached hydrogen (secondary N) is 1. The Morgan fingerprint density at radius 2 is 2.05 bits per heavy atom. The minimum absolute atomic E-state index is 0.608. The molecule has 0 aliphatic rings. The summed E-state index contributed by atoms with van der Waals surface area (Å²) in [6, 6.07) is 8.87. The van der Waals surface area contributed by atoms with Crippen LogP contribution in [0.2, 0.25) is 0 Å². The standard InChI is InChI=1S/C18H26N2S/c1-14(2)12-19-13-17(11-18-20-7-8-21-18)10-16-6-4-5-15(3)9-16/h4-9,14,17,19H,10-13H2,1-3H3. The Bertz CT molecular complexity index is 520. The highest BCUT2D eigenvalue weighted by molar-refractivity contribution is 7.09. The number of aryl methyl sites for hydroxylation is 1. The van der Waals surface area contributed by atoms with Crippen LogP contribution < -0.4 is 5.32 Å². The van der Waals surface area contributed by atoms with Crippen molar-refractivity contribution in [3.8, 4) is 0 Å². The first-order chi connectivity index (χ1) is 10.1. The molecule has 1 N–H and O–H groups in total. The van der Waals surface area contributed by atoms with Gasteiger partial charge in [-0.2, -0.15) is 0 Å². The van der Waals surface area contributed by atoms with Gasteiger partial charge in [-0.3, -0.25) is 0 Å². The molecule has 1 aromatic heterocycles. The molecule has 114 valence electrons. The van der Waals surface area contributed by atoms with Crippen LogP contribution >= 0.6 is 11.3 Å². The molecule has 0 saturated heterocycles. The molecule has 2 rings (SSSR count). The van der Waals surface area contributed by atoms with E-state index >= 15 is 0 Å². The fraction of sp³-hybridized carbons (Fsp3) is 0.500. The summed E-state index contributed by atoms with van der Waals surface area (Å²) in [4.78, 5) is 4.45. The van der Waals surface area contributed by atoms with E-state index in [1.807, 2.05) is 6.20 Å². The second-order valence-electron chi connectivity index (χ2n) is 6.24. The first-order valence-electron chi connectivity index (χ1n) is 7.78. The van der Waals surface area contributed by atoms with E-state index < -0.39 is 0 Å². The van der Waals surface area contributed by atoms with Crippen molar-refractivity contribution >= 4 is 11.3 Å². The molecule has 1 unspecified atom stereocenters. The molecule has 0 spiro atoms. The number of thiazole rings is 1. The Balaban J connectivity index is 1.96. The lowest BCUT2D eigenvalue weighted by Crippen LogP contribution is -2.28. The normalized spacial score (nSPS) is 12.8. The Kier molecular flexibility index (Phi) is 6.40. The van der Waals surface area contributed by atoms with E-state index in [0.717, 1.165) is 25.9 Å². The number of benzene rings is 1. The van der Waals surface area contributed by atoms with E-state index in [-0.39, 0.29) is 0 Å². The number of aromatic nitrogens is 1. The molecule has 1 aromatic carbocycles. The quantitative estimate of drug-likeness (QED) is 0.794. The molecule has 0 saturated carbocycles. The van der Waals surface area contributed by atoms with E-state index in [1.165, 1.54) is 16.1 Å². The Hall–Kier alpha value is -1.19. The van der Waals surface area contributed by atoms with Crippen LogP contribution in [0.15, 0.2) is 35.8 Å². The van der Waals surface area contributed by atoms with E-state index in [0.29, 0.717) is 11.8 Å². The van der Waals surface area contributed by atoms with E-state index in [2.05, 4.69) is 60.7 Å². The smallest absolute Gasteiger partial charge is 0.0928 e. The third-order valence-corrected chi connectivity index (χ3v) is 4.34. The summed E-state index contributed by atoms with van der Waals surface area (Å²) in [5.74, 6) is 1.31. The number of nitrogens with zero attached hydrogens (tertiary/aromatic N) is 1. The molecule has 1 atom stereocenters. The van der Waals surface area contributed by atoms with Crippen LogP contribution in [0.5, 0.6) is 0 Å². The molecule has 21 heavy (non-hydrogen) atoms. The maximum absolute atomic E-state index is 4.45. The number of rotatable bonds is 8. The largest absolute Gasteiger partial charge is 0.316 e. The predicted octanol–water partition coefficient (Wildman–Crippen LogP) is 4.10. The van der Waals surface area contributed by atoms with Crippen LogP contribution in [0.25, 0.3) is 0 Å². The second-order valence-corrected chi connectivity index (χ2v) is 7.22. The molecule has 2 nitrogen and oxygen atoms in total. The molecule has 0 amide bonds. The maximum atomic E-state index is 4.45. The summed E-state index contributed by atoms with van der Waals surface area (Å²) >= 11 is 1.77. The van der Waals surface area contributed by atoms with Crippen molar-refractivity contribution in [2.45, 2.75) is 33.6 Å². The van der Waals surface area contributed by atoms with E-state index in [1.54, 1.807) is 11.3 Å².